The monoisotopic (exact) mass is 604 g/mol. The predicted octanol–water partition coefficient (Wildman–Crippen LogP) is 6.65. The summed E-state index contributed by atoms with van der Waals surface area (Å²) in [5, 5.41) is 14.7. The molecule has 0 fully saturated rings. The zero-order valence-corrected chi connectivity index (χ0v) is 23.5. The second kappa shape index (κ2) is 14.4. The van der Waals surface area contributed by atoms with E-state index in [-0.39, 0.29) is 17.0 Å². The molecule has 0 saturated carbocycles. The van der Waals surface area contributed by atoms with Crippen molar-refractivity contribution in [1.82, 2.24) is 10.6 Å². The molecular formula is C33H27F3N2O4S. The Kier molecular flexibility index (Phi) is 10.4. The largest absolute Gasteiger partial charge is 0.480 e. The third-order valence-corrected chi connectivity index (χ3v) is 7.40. The lowest BCUT2D eigenvalue weighted by Gasteiger charge is -2.17. The van der Waals surface area contributed by atoms with E-state index in [1.165, 1.54) is 17.8 Å². The number of hydrogen-bond donors (Lipinski definition) is 3. The van der Waals surface area contributed by atoms with Crippen molar-refractivity contribution in [2.24, 2.45) is 0 Å². The molecular weight excluding hydrogens is 577 g/mol. The summed E-state index contributed by atoms with van der Waals surface area (Å²) in [4.78, 5) is 38.2. The number of carboxylic acids is 1. The van der Waals surface area contributed by atoms with Crippen LogP contribution in [0.4, 0.5) is 13.2 Å². The van der Waals surface area contributed by atoms with Crippen molar-refractivity contribution in [3.8, 4) is 11.1 Å². The molecule has 0 saturated heterocycles. The lowest BCUT2D eigenvalue weighted by molar-refractivity contribution is -0.140. The Morgan fingerprint density at radius 1 is 0.791 bits per heavy atom. The van der Waals surface area contributed by atoms with E-state index < -0.39 is 35.6 Å². The summed E-state index contributed by atoms with van der Waals surface area (Å²) in [6, 6.07) is 28.4. The van der Waals surface area contributed by atoms with Crippen LogP contribution in [0.25, 0.3) is 17.2 Å². The molecule has 220 valence electrons. The normalized spacial score (nSPS) is 12.3. The highest BCUT2D eigenvalue weighted by Gasteiger charge is 2.30. The molecule has 4 rings (SSSR count). The number of aliphatic carboxylic acids is 1. The molecule has 3 N–H and O–H groups in total. The number of rotatable bonds is 11. The van der Waals surface area contributed by atoms with E-state index in [2.05, 4.69) is 10.6 Å². The van der Waals surface area contributed by atoms with Gasteiger partial charge in [-0.2, -0.15) is 24.9 Å². The number of carbonyl (C=O) groups excluding carboxylic acids is 2. The second-order valence-electron chi connectivity index (χ2n) is 9.44. The molecule has 6 nitrogen and oxygen atoms in total. The summed E-state index contributed by atoms with van der Waals surface area (Å²) in [7, 11) is 0. The molecule has 0 heterocycles. The number of hydrogen-bond acceptors (Lipinski definition) is 4. The standard InChI is InChI=1S/C33H27F3N2O4S/c34-33(35,36)27-17-15-26(16-18-27)30(39)37-28(19-22-11-13-25(14-12-22)24-9-5-2-6-10-24)31(40)38-29(32(41)42)21-43-20-23-7-3-1-4-8-23/h1-19,29H,20-21H2,(H,37,39)(H,38,40)(H,41,42). The van der Waals surface area contributed by atoms with Gasteiger partial charge in [0.15, 0.2) is 0 Å². The number of alkyl halides is 3. The Morgan fingerprint density at radius 3 is 1.95 bits per heavy atom. The third kappa shape index (κ3) is 9.08. The maximum absolute atomic E-state index is 13.3. The number of halogens is 3. The van der Waals surface area contributed by atoms with Crippen molar-refractivity contribution in [2.45, 2.75) is 18.0 Å². The van der Waals surface area contributed by atoms with E-state index in [4.69, 9.17) is 0 Å². The highest BCUT2D eigenvalue weighted by Crippen LogP contribution is 2.29. The van der Waals surface area contributed by atoms with Crippen molar-refractivity contribution in [3.05, 3.63) is 137 Å². The molecule has 0 bridgehead atoms. The molecule has 0 aliphatic rings. The molecule has 4 aromatic carbocycles. The van der Waals surface area contributed by atoms with E-state index in [0.29, 0.717) is 11.3 Å². The Morgan fingerprint density at radius 2 is 1.37 bits per heavy atom. The van der Waals surface area contributed by atoms with E-state index in [9.17, 15) is 32.7 Å². The smallest absolute Gasteiger partial charge is 0.416 e. The fourth-order valence-electron chi connectivity index (χ4n) is 4.01. The van der Waals surface area contributed by atoms with Crippen molar-refractivity contribution < 1.29 is 32.7 Å². The highest BCUT2D eigenvalue weighted by atomic mass is 32.2. The van der Waals surface area contributed by atoms with Crippen LogP contribution in [0.1, 0.15) is 27.0 Å². The van der Waals surface area contributed by atoms with Crippen molar-refractivity contribution in [2.75, 3.05) is 5.75 Å². The third-order valence-electron chi connectivity index (χ3n) is 6.30. The summed E-state index contributed by atoms with van der Waals surface area (Å²) < 4.78 is 38.9. The molecule has 0 radical (unpaired) electrons. The maximum Gasteiger partial charge on any atom is 0.416 e. The maximum atomic E-state index is 13.3. The first-order chi connectivity index (χ1) is 20.6. The zero-order chi connectivity index (χ0) is 30.8. The fourth-order valence-corrected chi connectivity index (χ4v) is 5.02. The molecule has 4 aromatic rings. The van der Waals surface area contributed by atoms with Crippen molar-refractivity contribution in [1.29, 1.82) is 0 Å². The number of carbonyl (C=O) groups is 3. The van der Waals surface area contributed by atoms with Gasteiger partial charge < -0.3 is 15.7 Å². The van der Waals surface area contributed by atoms with Gasteiger partial charge in [0.05, 0.1) is 5.56 Å². The Bertz CT molecular complexity index is 1570. The highest BCUT2D eigenvalue weighted by molar-refractivity contribution is 7.98. The molecule has 0 aliphatic carbocycles. The van der Waals surface area contributed by atoms with Crippen LogP contribution in [-0.4, -0.2) is 34.7 Å². The van der Waals surface area contributed by atoms with Crippen LogP contribution in [0.3, 0.4) is 0 Å². The lowest BCUT2D eigenvalue weighted by Crippen LogP contribution is -2.45. The second-order valence-corrected chi connectivity index (χ2v) is 10.5. The minimum absolute atomic E-state index is 0.0574. The minimum atomic E-state index is -4.57. The van der Waals surface area contributed by atoms with Gasteiger partial charge in [0.2, 0.25) is 0 Å². The molecule has 0 spiro atoms. The molecule has 1 atom stereocenters. The Hall–Kier alpha value is -4.83. The molecule has 43 heavy (non-hydrogen) atoms. The Labute approximate surface area is 250 Å². The van der Waals surface area contributed by atoms with Gasteiger partial charge in [-0.05, 0) is 52.6 Å². The van der Waals surface area contributed by atoms with Crippen LogP contribution < -0.4 is 10.6 Å². The first-order valence-corrected chi connectivity index (χ1v) is 14.3. The van der Waals surface area contributed by atoms with E-state index in [1.807, 2.05) is 72.8 Å². The number of nitrogens with one attached hydrogen (secondary N) is 2. The van der Waals surface area contributed by atoms with Crippen LogP contribution >= 0.6 is 11.8 Å². The summed E-state index contributed by atoms with van der Waals surface area (Å²) in [5.41, 5.74) is 2.11. The molecule has 1 unspecified atom stereocenters. The molecule has 10 heteroatoms. The summed E-state index contributed by atoms with van der Waals surface area (Å²) in [5.74, 6) is -2.36. The van der Waals surface area contributed by atoms with Gasteiger partial charge in [0.1, 0.15) is 11.7 Å². The summed E-state index contributed by atoms with van der Waals surface area (Å²) in [6.45, 7) is 0. The van der Waals surface area contributed by atoms with Gasteiger partial charge in [-0.1, -0.05) is 84.9 Å². The topological polar surface area (TPSA) is 95.5 Å². The number of thioether (sulfide) groups is 1. The predicted molar refractivity (Wildman–Crippen MR) is 161 cm³/mol. The van der Waals surface area contributed by atoms with Gasteiger partial charge in [-0.3, -0.25) is 9.59 Å². The van der Waals surface area contributed by atoms with Crippen molar-refractivity contribution in [3.63, 3.8) is 0 Å². The van der Waals surface area contributed by atoms with Gasteiger partial charge >= 0.3 is 12.1 Å². The minimum Gasteiger partial charge on any atom is -0.480 e. The SMILES string of the molecule is O=C(NC(CSCc1ccccc1)C(=O)O)C(=Cc1ccc(-c2ccccc2)cc1)NC(=O)c1ccc(C(F)(F)F)cc1. The van der Waals surface area contributed by atoms with Crippen LogP contribution in [0.15, 0.2) is 115 Å². The molecule has 2 amide bonds. The van der Waals surface area contributed by atoms with E-state index in [0.717, 1.165) is 41.0 Å². The quantitative estimate of drug-likeness (QED) is 0.167. The average molecular weight is 605 g/mol. The zero-order valence-electron chi connectivity index (χ0n) is 22.7. The van der Waals surface area contributed by atoms with Crippen molar-refractivity contribution >= 4 is 35.6 Å². The Balaban J connectivity index is 1.55. The summed E-state index contributed by atoms with van der Waals surface area (Å²) in [6.07, 6.45) is -3.20. The molecule has 0 aliphatic heterocycles. The van der Waals surface area contributed by atoms with Crippen LogP contribution in [0.5, 0.6) is 0 Å². The van der Waals surface area contributed by atoms with Crippen LogP contribution in [0, 0.1) is 0 Å². The van der Waals surface area contributed by atoms with E-state index >= 15 is 0 Å². The number of carboxylic acid groups (broad SMARTS) is 1. The van der Waals surface area contributed by atoms with Gasteiger partial charge in [-0.15, -0.1) is 0 Å². The lowest BCUT2D eigenvalue weighted by atomic mass is 10.0. The summed E-state index contributed by atoms with van der Waals surface area (Å²) >= 11 is 1.32. The number of amides is 2. The van der Waals surface area contributed by atoms with Gasteiger partial charge in [0, 0.05) is 17.1 Å². The first-order valence-electron chi connectivity index (χ1n) is 13.1. The fraction of sp³-hybridized carbons (Fsp3) is 0.121. The van der Waals surface area contributed by atoms with Crippen LogP contribution in [-0.2, 0) is 21.5 Å². The first kappa shape index (κ1) is 31.1. The molecule has 0 aromatic heterocycles. The average Bonchev–Trinajstić information content (AvgIpc) is 3.01. The number of benzene rings is 4. The van der Waals surface area contributed by atoms with Gasteiger partial charge in [0.25, 0.3) is 11.8 Å². The van der Waals surface area contributed by atoms with Crippen LogP contribution in [0.2, 0.25) is 0 Å². The van der Waals surface area contributed by atoms with E-state index in [1.54, 1.807) is 12.1 Å². The van der Waals surface area contributed by atoms with Gasteiger partial charge in [-0.25, -0.2) is 4.79 Å².